The molecule has 20 heavy (non-hydrogen) atoms. The second kappa shape index (κ2) is 6.60. The molecule has 2 aliphatic heterocycles. The first kappa shape index (κ1) is 13.2. The predicted octanol–water partition coefficient (Wildman–Crippen LogP) is 1.24. The predicted molar refractivity (Wildman–Crippen MR) is 76.2 cm³/mol. The van der Waals surface area contributed by atoms with E-state index in [4.69, 9.17) is 0 Å². The molecule has 7 heteroatoms. The van der Waals surface area contributed by atoms with Gasteiger partial charge in [-0.1, -0.05) is 28.7 Å². The molecule has 2 N–H and O–H groups in total. The molecule has 0 bridgehead atoms. The number of hydrogen-bond donors (Lipinski definition) is 2. The van der Waals surface area contributed by atoms with E-state index >= 15 is 0 Å². The molecular weight excluding hydrogens is 254 g/mol. The van der Waals surface area contributed by atoms with Crippen LogP contribution in [0.2, 0.25) is 0 Å². The van der Waals surface area contributed by atoms with Crippen molar-refractivity contribution in [3.8, 4) is 0 Å². The topological polar surface area (TPSA) is 76.7 Å². The van der Waals surface area contributed by atoms with Gasteiger partial charge < -0.3 is 0 Å². The summed E-state index contributed by atoms with van der Waals surface area (Å²) in [6.07, 6.45) is 9.14. The van der Waals surface area contributed by atoms with E-state index in [2.05, 4.69) is 54.7 Å². The fraction of sp³-hybridized carbons (Fsp3) is 0.692. The highest BCUT2D eigenvalue weighted by atomic mass is 15.5. The first-order valence-corrected chi connectivity index (χ1v) is 7.22. The monoisotopic (exact) mass is 275 g/mol. The Morgan fingerprint density at radius 3 is 2.25 bits per heavy atom. The van der Waals surface area contributed by atoms with Crippen LogP contribution in [0, 0.1) is 0 Å². The molecule has 0 fully saturated rings. The fourth-order valence-electron chi connectivity index (χ4n) is 2.67. The van der Waals surface area contributed by atoms with Gasteiger partial charge >= 0.3 is 0 Å². The van der Waals surface area contributed by atoms with Crippen molar-refractivity contribution < 1.29 is 0 Å². The molecule has 108 valence electrons. The first-order valence-electron chi connectivity index (χ1n) is 7.22. The van der Waals surface area contributed by atoms with E-state index in [9.17, 15) is 0 Å². The standard InChI is InChI=1S/C13H21N7/c1-2-4-11(5-3-1)8-20(9-12-6-14-18-16-12)10-13-7-15-19-17-13/h2,4-5,12-13H,1,3,6-10H2,(H,14,16)(H,15,17). The van der Waals surface area contributed by atoms with Gasteiger partial charge in [-0.25, -0.2) is 0 Å². The zero-order valence-corrected chi connectivity index (χ0v) is 11.6. The number of rotatable bonds is 6. The van der Waals surface area contributed by atoms with Gasteiger partial charge in [0.1, 0.15) is 0 Å². The molecule has 0 amide bonds. The van der Waals surface area contributed by atoms with E-state index in [1.165, 1.54) is 5.57 Å². The van der Waals surface area contributed by atoms with E-state index in [0.29, 0.717) is 12.1 Å². The Bertz CT molecular complexity index is 400. The van der Waals surface area contributed by atoms with Crippen LogP contribution in [0.4, 0.5) is 0 Å². The minimum absolute atomic E-state index is 0.318. The summed E-state index contributed by atoms with van der Waals surface area (Å²) in [4.78, 5) is 2.43. The molecular formula is C13H21N7. The Kier molecular flexibility index (Phi) is 4.37. The van der Waals surface area contributed by atoms with Crippen LogP contribution >= 0.6 is 0 Å². The van der Waals surface area contributed by atoms with E-state index < -0.39 is 0 Å². The van der Waals surface area contributed by atoms with Gasteiger partial charge in [0, 0.05) is 19.6 Å². The van der Waals surface area contributed by atoms with Gasteiger partial charge in [-0.2, -0.15) is 10.2 Å². The Hall–Kier alpha value is -1.76. The molecule has 0 saturated carbocycles. The van der Waals surface area contributed by atoms with Crippen molar-refractivity contribution in [1.29, 1.82) is 0 Å². The summed E-state index contributed by atoms with van der Waals surface area (Å²) >= 11 is 0. The van der Waals surface area contributed by atoms with E-state index in [1.54, 1.807) is 0 Å². The van der Waals surface area contributed by atoms with E-state index in [-0.39, 0.29) is 0 Å². The second-order valence-corrected chi connectivity index (χ2v) is 5.45. The average molecular weight is 275 g/mol. The molecule has 7 nitrogen and oxygen atoms in total. The number of hydrogen-bond acceptors (Lipinski definition) is 7. The van der Waals surface area contributed by atoms with Crippen LogP contribution in [0.3, 0.4) is 0 Å². The van der Waals surface area contributed by atoms with Gasteiger partial charge in [0.2, 0.25) is 0 Å². The molecule has 2 atom stereocenters. The van der Waals surface area contributed by atoms with Crippen LogP contribution in [-0.2, 0) is 0 Å². The van der Waals surface area contributed by atoms with Crippen molar-refractivity contribution >= 4 is 0 Å². The third-order valence-electron chi connectivity index (χ3n) is 3.66. The van der Waals surface area contributed by atoms with Gasteiger partial charge in [-0.3, -0.25) is 15.8 Å². The largest absolute Gasteiger partial charge is 0.295 e. The Labute approximate surface area is 118 Å². The Morgan fingerprint density at radius 2 is 1.75 bits per heavy atom. The zero-order valence-electron chi connectivity index (χ0n) is 11.6. The van der Waals surface area contributed by atoms with E-state index in [1.807, 2.05) is 0 Å². The summed E-state index contributed by atoms with van der Waals surface area (Å²) in [5, 5.41) is 15.7. The fourth-order valence-corrected chi connectivity index (χ4v) is 2.67. The number of allylic oxidation sites excluding steroid dienone is 2. The summed E-state index contributed by atoms with van der Waals surface area (Å²) < 4.78 is 0. The van der Waals surface area contributed by atoms with Crippen molar-refractivity contribution in [3.63, 3.8) is 0 Å². The van der Waals surface area contributed by atoms with Crippen LogP contribution in [-0.4, -0.2) is 49.7 Å². The smallest absolute Gasteiger partial charge is 0.0851 e. The third kappa shape index (κ3) is 3.63. The lowest BCUT2D eigenvalue weighted by Crippen LogP contribution is -2.45. The lowest BCUT2D eigenvalue weighted by Gasteiger charge is -2.27. The maximum atomic E-state index is 4.00. The van der Waals surface area contributed by atoms with Crippen molar-refractivity contribution in [2.75, 3.05) is 32.7 Å². The van der Waals surface area contributed by atoms with Crippen LogP contribution < -0.4 is 10.9 Å². The van der Waals surface area contributed by atoms with Gasteiger partial charge in [-0.15, -0.1) is 0 Å². The molecule has 0 spiro atoms. The van der Waals surface area contributed by atoms with Crippen molar-refractivity contribution in [2.45, 2.75) is 24.9 Å². The first-order chi connectivity index (χ1) is 9.90. The van der Waals surface area contributed by atoms with Gasteiger partial charge in [0.05, 0.1) is 25.2 Å². The second-order valence-electron chi connectivity index (χ2n) is 5.45. The molecule has 1 aliphatic carbocycles. The third-order valence-corrected chi connectivity index (χ3v) is 3.66. The SMILES string of the molecule is C1=CC(CN(CC2CN=NN2)CC2CN=NN2)=CCC1. The van der Waals surface area contributed by atoms with Gasteiger partial charge in [-0.05, 0) is 18.4 Å². The van der Waals surface area contributed by atoms with Crippen molar-refractivity contribution in [1.82, 2.24) is 15.8 Å². The van der Waals surface area contributed by atoms with Crippen molar-refractivity contribution in [2.24, 2.45) is 20.7 Å². The summed E-state index contributed by atoms with van der Waals surface area (Å²) in [7, 11) is 0. The highest BCUT2D eigenvalue weighted by Gasteiger charge is 2.22. The minimum Gasteiger partial charge on any atom is -0.295 e. The summed E-state index contributed by atoms with van der Waals surface area (Å²) in [5.74, 6) is 0. The Balaban J connectivity index is 1.56. The zero-order chi connectivity index (χ0) is 13.6. The summed E-state index contributed by atoms with van der Waals surface area (Å²) in [6.45, 7) is 4.37. The highest BCUT2D eigenvalue weighted by Crippen LogP contribution is 2.13. The summed E-state index contributed by atoms with van der Waals surface area (Å²) in [6, 6.07) is 0.636. The van der Waals surface area contributed by atoms with Gasteiger partial charge in [0.15, 0.2) is 0 Å². The molecule has 3 rings (SSSR count). The average Bonchev–Trinajstić information content (AvgIpc) is 3.13. The molecule has 0 saturated heterocycles. The van der Waals surface area contributed by atoms with Crippen LogP contribution in [0.5, 0.6) is 0 Å². The van der Waals surface area contributed by atoms with Gasteiger partial charge in [0.25, 0.3) is 0 Å². The van der Waals surface area contributed by atoms with Crippen LogP contribution in [0.25, 0.3) is 0 Å². The lowest BCUT2D eigenvalue weighted by molar-refractivity contribution is 0.249. The van der Waals surface area contributed by atoms with E-state index in [0.717, 1.165) is 45.6 Å². The molecule has 2 unspecified atom stereocenters. The normalized spacial score (nSPS) is 27.8. The highest BCUT2D eigenvalue weighted by molar-refractivity contribution is 5.23. The maximum Gasteiger partial charge on any atom is 0.0851 e. The molecule has 2 heterocycles. The minimum atomic E-state index is 0.318. The molecule has 0 radical (unpaired) electrons. The van der Waals surface area contributed by atoms with Crippen LogP contribution in [0.15, 0.2) is 44.5 Å². The van der Waals surface area contributed by atoms with Crippen molar-refractivity contribution in [3.05, 3.63) is 23.8 Å². The quantitative estimate of drug-likeness (QED) is 0.765. The maximum absolute atomic E-state index is 4.00. The molecule has 0 aromatic carbocycles. The Morgan fingerprint density at radius 1 is 1.05 bits per heavy atom. The molecule has 3 aliphatic rings. The van der Waals surface area contributed by atoms with Crippen LogP contribution in [0.1, 0.15) is 12.8 Å². The summed E-state index contributed by atoms with van der Waals surface area (Å²) in [5.41, 5.74) is 7.52. The molecule has 0 aromatic rings. The number of nitrogens with one attached hydrogen (secondary N) is 2. The molecule has 0 aromatic heterocycles. The lowest BCUT2D eigenvalue weighted by atomic mass is 10.1. The number of nitrogens with zero attached hydrogens (tertiary/aromatic N) is 5.